The lowest BCUT2D eigenvalue weighted by atomic mass is 9.96. The Labute approximate surface area is 235 Å². The smallest absolute Gasteiger partial charge is 0.265 e. The van der Waals surface area contributed by atoms with Crippen LogP contribution < -0.4 is 5.32 Å². The van der Waals surface area contributed by atoms with Crippen LogP contribution in [0.25, 0.3) is 0 Å². The Hall–Kier alpha value is -4.70. The zero-order valence-electron chi connectivity index (χ0n) is 22.1. The van der Waals surface area contributed by atoms with Gasteiger partial charge in [-0.1, -0.05) is 60.7 Å². The predicted molar refractivity (Wildman–Crippen MR) is 145 cm³/mol. The second-order valence-corrected chi connectivity index (χ2v) is 10.4. The van der Waals surface area contributed by atoms with E-state index >= 15 is 4.39 Å². The van der Waals surface area contributed by atoms with E-state index in [0.717, 1.165) is 17.2 Å². The van der Waals surface area contributed by atoms with Crippen molar-refractivity contribution in [2.45, 2.75) is 24.9 Å². The second-order valence-electron chi connectivity index (χ2n) is 10.4. The van der Waals surface area contributed by atoms with E-state index in [1.807, 2.05) is 36.4 Å². The van der Waals surface area contributed by atoms with Crippen LogP contribution in [0.5, 0.6) is 0 Å². The molecule has 41 heavy (non-hydrogen) atoms. The topological polar surface area (TPSA) is 107 Å². The van der Waals surface area contributed by atoms with Crippen molar-refractivity contribution in [3.05, 3.63) is 106 Å². The average molecular weight is 555 g/mol. The molecule has 3 aliphatic heterocycles. The molecule has 3 aromatic carbocycles. The monoisotopic (exact) mass is 554 g/mol. The third kappa shape index (κ3) is 4.80. The number of imide groups is 2. The highest BCUT2D eigenvalue weighted by Crippen LogP contribution is 2.32. The van der Waals surface area contributed by atoms with Gasteiger partial charge in [-0.05, 0) is 29.7 Å². The van der Waals surface area contributed by atoms with Crippen molar-refractivity contribution in [2.75, 3.05) is 26.2 Å². The number of carbonyl (C=O) groups is 5. The summed E-state index contributed by atoms with van der Waals surface area (Å²) >= 11 is 0. The number of halogens is 1. The van der Waals surface area contributed by atoms with Crippen molar-refractivity contribution in [3.63, 3.8) is 0 Å². The number of carbonyl (C=O) groups excluding carboxylic acids is 5. The minimum absolute atomic E-state index is 0.00832. The zero-order chi connectivity index (χ0) is 28.7. The number of amides is 5. The molecule has 3 aliphatic rings. The highest BCUT2D eigenvalue weighted by molar-refractivity contribution is 6.24. The maximum atomic E-state index is 15.2. The van der Waals surface area contributed by atoms with Crippen molar-refractivity contribution >= 4 is 29.5 Å². The number of fused-ring (bicyclic) bond motifs is 1. The molecule has 6 rings (SSSR count). The molecule has 1 atom stereocenters. The summed E-state index contributed by atoms with van der Waals surface area (Å²) in [6.07, 6.45) is -0.0851. The Kier molecular flexibility index (Phi) is 6.92. The first-order valence-corrected chi connectivity index (χ1v) is 13.5. The molecule has 2 fully saturated rings. The first-order chi connectivity index (χ1) is 19.8. The van der Waals surface area contributed by atoms with Gasteiger partial charge in [0.25, 0.3) is 17.7 Å². The molecule has 0 radical (unpaired) electrons. The first kappa shape index (κ1) is 26.5. The number of nitrogens with zero attached hydrogens (tertiary/aromatic N) is 3. The third-order valence-corrected chi connectivity index (χ3v) is 7.94. The van der Waals surface area contributed by atoms with Crippen LogP contribution in [0.4, 0.5) is 4.39 Å². The second kappa shape index (κ2) is 10.7. The van der Waals surface area contributed by atoms with Gasteiger partial charge in [0.05, 0.1) is 17.2 Å². The van der Waals surface area contributed by atoms with Gasteiger partial charge in [-0.3, -0.25) is 39.1 Å². The number of hydrogen-bond donors (Lipinski definition) is 1. The van der Waals surface area contributed by atoms with Crippen LogP contribution in [0, 0.1) is 5.82 Å². The van der Waals surface area contributed by atoms with Crippen molar-refractivity contribution in [3.8, 4) is 0 Å². The molecule has 0 aliphatic carbocycles. The summed E-state index contributed by atoms with van der Waals surface area (Å²) < 4.78 is 15.2. The Morgan fingerprint density at radius 2 is 1.44 bits per heavy atom. The summed E-state index contributed by atoms with van der Waals surface area (Å²) in [6.45, 7) is 1.94. The number of rotatable bonds is 5. The Balaban J connectivity index is 1.20. The highest BCUT2D eigenvalue weighted by Gasteiger charge is 2.46. The van der Waals surface area contributed by atoms with Crippen LogP contribution in [0.2, 0.25) is 0 Å². The molecule has 208 valence electrons. The molecule has 3 heterocycles. The zero-order valence-corrected chi connectivity index (χ0v) is 22.1. The van der Waals surface area contributed by atoms with Gasteiger partial charge in [-0.25, -0.2) is 4.39 Å². The van der Waals surface area contributed by atoms with Gasteiger partial charge < -0.3 is 4.90 Å². The molecule has 0 bridgehead atoms. The number of hydrogen-bond acceptors (Lipinski definition) is 6. The fourth-order valence-corrected chi connectivity index (χ4v) is 5.92. The SMILES string of the molecule is O=C1CCC(N2C(=O)c3cc(C(=O)N4CCN(C(c5ccccc5)c5ccccc5)CC4)cc(F)c3C2=O)C(=O)N1. The molecule has 0 spiro atoms. The molecule has 10 heteroatoms. The molecule has 1 unspecified atom stereocenters. The number of piperazine rings is 1. The van der Waals surface area contributed by atoms with Gasteiger partial charge in [-0.2, -0.15) is 0 Å². The fraction of sp³-hybridized carbons (Fsp3) is 0.258. The summed E-state index contributed by atoms with van der Waals surface area (Å²) in [4.78, 5) is 68.0. The van der Waals surface area contributed by atoms with E-state index in [1.165, 1.54) is 6.07 Å². The molecular formula is C31H27FN4O5. The van der Waals surface area contributed by atoms with E-state index in [2.05, 4.69) is 34.5 Å². The van der Waals surface area contributed by atoms with E-state index in [4.69, 9.17) is 0 Å². The number of piperidine rings is 1. The van der Waals surface area contributed by atoms with E-state index in [-0.39, 0.29) is 30.0 Å². The van der Waals surface area contributed by atoms with Crippen LogP contribution in [0.3, 0.4) is 0 Å². The lowest BCUT2D eigenvalue weighted by Crippen LogP contribution is -2.54. The molecule has 2 saturated heterocycles. The summed E-state index contributed by atoms with van der Waals surface area (Å²) in [5, 5.41) is 2.11. The van der Waals surface area contributed by atoms with Crippen LogP contribution >= 0.6 is 0 Å². The molecule has 3 aromatic rings. The van der Waals surface area contributed by atoms with Crippen LogP contribution in [0.15, 0.2) is 72.8 Å². The highest BCUT2D eigenvalue weighted by atomic mass is 19.1. The lowest BCUT2D eigenvalue weighted by Gasteiger charge is -2.39. The average Bonchev–Trinajstić information content (AvgIpc) is 3.24. The van der Waals surface area contributed by atoms with Crippen molar-refractivity contribution in [1.29, 1.82) is 0 Å². The van der Waals surface area contributed by atoms with E-state index in [1.54, 1.807) is 4.90 Å². The number of benzene rings is 3. The normalized spacial score (nSPS) is 19.5. The van der Waals surface area contributed by atoms with Gasteiger partial charge in [0.2, 0.25) is 11.8 Å². The van der Waals surface area contributed by atoms with Crippen molar-refractivity contribution < 1.29 is 28.4 Å². The van der Waals surface area contributed by atoms with Crippen LogP contribution in [0.1, 0.15) is 61.1 Å². The summed E-state index contributed by atoms with van der Waals surface area (Å²) in [5.41, 5.74) is 1.53. The van der Waals surface area contributed by atoms with E-state index in [9.17, 15) is 24.0 Å². The lowest BCUT2D eigenvalue weighted by molar-refractivity contribution is -0.136. The van der Waals surface area contributed by atoms with Crippen molar-refractivity contribution in [2.24, 2.45) is 0 Å². The summed E-state index contributed by atoms with van der Waals surface area (Å²) in [7, 11) is 0. The molecule has 5 amide bonds. The fourth-order valence-electron chi connectivity index (χ4n) is 5.92. The maximum absolute atomic E-state index is 15.2. The largest absolute Gasteiger partial charge is 0.336 e. The molecular weight excluding hydrogens is 527 g/mol. The van der Waals surface area contributed by atoms with Gasteiger partial charge in [-0.15, -0.1) is 0 Å². The van der Waals surface area contributed by atoms with Crippen molar-refractivity contribution in [1.82, 2.24) is 20.0 Å². The molecule has 1 N–H and O–H groups in total. The summed E-state index contributed by atoms with van der Waals surface area (Å²) in [5.74, 6) is -4.52. The third-order valence-electron chi connectivity index (χ3n) is 7.94. The Bertz CT molecular complexity index is 1510. The summed E-state index contributed by atoms with van der Waals surface area (Å²) in [6, 6.07) is 21.3. The molecule has 0 aromatic heterocycles. The minimum Gasteiger partial charge on any atom is -0.336 e. The van der Waals surface area contributed by atoms with Gasteiger partial charge in [0.1, 0.15) is 11.9 Å². The van der Waals surface area contributed by atoms with Gasteiger partial charge >= 0.3 is 0 Å². The van der Waals surface area contributed by atoms with Crippen LogP contribution in [-0.2, 0) is 9.59 Å². The van der Waals surface area contributed by atoms with E-state index < -0.39 is 47.0 Å². The predicted octanol–water partition coefficient (Wildman–Crippen LogP) is 2.77. The standard InChI is InChI=1S/C31H27FN4O5/c32-23-18-21(17-22-26(23)31(41)36(30(22)40)24-11-12-25(37)33-28(24)38)29(39)35-15-13-34(14-16-35)27(19-7-3-1-4-8-19)20-9-5-2-6-10-20/h1-10,17-18,24,27H,11-16H2,(H,33,37,38). The quantitative estimate of drug-likeness (QED) is 0.486. The van der Waals surface area contributed by atoms with Gasteiger partial charge in [0.15, 0.2) is 0 Å². The molecule has 9 nitrogen and oxygen atoms in total. The van der Waals surface area contributed by atoms with Gasteiger partial charge in [0, 0.05) is 38.2 Å². The minimum atomic E-state index is -1.21. The number of nitrogens with one attached hydrogen (secondary N) is 1. The molecule has 0 saturated carbocycles. The first-order valence-electron chi connectivity index (χ1n) is 13.5. The van der Waals surface area contributed by atoms with E-state index in [0.29, 0.717) is 31.1 Å². The maximum Gasteiger partial charge on any atom is 0.265 e. The van der Waals surface area contributed by atoms with Crippen LogP contribution in [-0.4, -0.2) is 76.5 Å². The Morgan fingerprint density at radius 3 is 2.02 bits per heavy atom. The Morgan fingerprint density at radius 1 is 0.829 bits per heavy atom.